The Hall–Kier alpha value is -0.0700. The predicted octanol–water partition coefficient (Wildman–Crippen LogP) is -1.88. The standard InChI is InChI=1S/C27H48N5O6P.2Na/c1-2-3-4-5-6-7-8-9-10-11-12-13-14-15-16-17-19-38-27(33)31-25-24-26(29-21-28-25)32(22-30-24)18-20-37-23-39(34,35)36;;/h9-10,21-22,24,26H,2-8,11-20,23H2,1H3,(H2,34,35,36)(H,28,29,31,33);;/q;2*+1/p-2/b10-9-;;. The smallest absolute Gasteiger partial charge is 0.809 e. The predicted molar refractivity (Wildman–Crippen MR) is 151 cm³/mol. The summed E-state index contributed by atoms with van der Waals surface area (Å²) in [5.41, 5.74) is 0. The van der Waals surface area contributed by atoms with E-state index in [-0.39, 0.29) is 72.3 Å². The average molecular weight is 614 g/mol. The number of fused-ring (bicyclic) bond motifs is 1. The van der Waals surface area contributed by atoms with Gasteiger partial charge in [-0.3, -0.25) is 10.3 Å². The van der Waals surface area contributed by atoms with Crippen molar-refractivity contribution in [2.45, 2.75) is 109 Å². The third kappa shape index (κ3) is 19.8. The van der Waals surface area contributed by atoms with Crippen LogP contribution in [0.1, 0.15) is 96.8 Å². The molecule has 0 spiro atoms. The molecule has 0 bridgehead atoms. The molecular weight excluding hydrogens is 567 g/mol. The largest absolute Gasteiger partial charge is 1.00 e. The van der Waals surface area contributed by atoms with E-state index < -0.39 is 32.2 Å². The number of carbonyl (C=O) groups is 1. The fraction of sp³-hybridized carbons (Fsp3) is 0.778. The number of alkyl carbamates (subject to hydrolysis) is 1. The second kappa shape index (κ2) is 25.3. The fourth-order valence-electron chi connectivity index (χ4n) is 4.40. The molecule has 0 aromatic rings. The van der Waals surface area contributed by atoms with Gasteiger partial charge in [0.1, 0.15) is 12.2 Å². The number of hydrogen-bond acceptors (Lipinski definition) is 10. The number of ether oxygens (including phenoxy) is 2. The van der Waals surface area contributed by atoms with Gasteiger partial charge in [0.05, 0.1) is 25.9 Å². The molecule has 2 atom stereocenters. The summed E-state index contributed by atoms with van der Waals surface area (Å²) in [6.45, 7) is 2.91. The molecule has 0 aromatic heterocycles. The molecule has 222 valence electrons. The van der Waals surface area contributed by atoms with Crippen molar-refractivity contribution < 1.29 is 87.7 Å². The van der Waals surface area contributed by atoms with Crippen molar-refractivity contribution in [3.63, 3.8) is 0 Å². The number of allylic oxidation sites excluding steroid dienone is 2. The molecule has 0 aromatic carbocycles. The number of nitrogens with one attached hydrogen (secondary N) is 1. The third-order valence-electron chi connectivity index (χ3n) is 6.56. The van der Waals surface area contributed by atoms with Gasteiger partial charge >= 0.3 is 65.2 Å². The summed E-state index contributed by atoms with van der Waals surface area (Å²) >= 11 is 0. The van der Waals surface area contributed by atoms with E-state index in [2.05, 4.69) is 39.4 Å². The van der Waals surface area contributed by atoms with E-state index in [1.165, 1.54) is 70.5 Å². The first-order valence-electron chi connectivity index (χ1n) is 14.5. The summed E-state index contributed by atoms with van der Waals surface area (Å²) in [6, 6.07) is -0.502. The van der Waals surface area contributed by atoms with Gasteiger partial charge in [0.2, 0.25) is 0 Å². The van der Waals surface area contributed by atoms with Gasteiger partial charge in [0.15, 0.2) is 12.2 Å². The van der Waals surface area contributed by atoms with Crippen molar-refractivity contribution in [3.8, 4) is 0 Å². The second-order valence-electron chi connectivity index (χ2n) is 9.99. The van der Waals surface area contributed by atoms with Crippen LogP contribution in [0.4, 0.5) is 4.79 Å². The third-order valence-corrected chi connectivity index (χ3v) is 7.06. The fourth-order valence-corrected chi connectivity index (χ4v) is 4.75. The summed E-state index contributed by atoms with van der Waals surface area (Å²) in [6.07, 6.45) is 22.8. The topological polar surface area (TPSA) is 151 Å². The molecule has 14 heteroatoms. The van der Waals surface area contributed by atoms with Crippen LogP contribution in [0.2, 0.25) is 0 Å². The van der Waals surface area contributed by atoms with Crippen LogP contribution < -0.4 is 74.2 Å². The Balaban J connectivity index is 0.00000800. The maximum Gasteiger partial charge on any atom is 1.00 e. The number of aliphatic imine (C=N–C) groups is 3. The van der Waals surface area contributed by atoms with Crippen LogP contribution in [0, 0.1) is 0 Å². The summed E-state index contributed by atoms with van der Waals surface area (Å²) in [4.78, 5) is 48.0. The quantitative estimate of drug-likeness (QED) is 0.0689. The molecular formula is C27H46N5Na2O6P. The van der Waals surface area contributed by atoms with Crippen LogP contribution in [0.5, 0.6) is 0 Å². The van der Waals surface area contributed by atoms with Gasteiger partial charge in [-0.15, -0.1) is 0 Å². The minimum absolute atomic E-state index is 0. The van der Waals surface area contributed by atoms with Gasteiger partial charge < -0.3 is 28.7 Å². The monoisotopic (exact) mass is 613 g/mol. The van der Waals surface area contributed by atoms with Gasteiger partial charge in [0, 0.05) is 6.54 Å². The molecule has 2 rings (SSSR count). The van der Waals surface area contributed by atoms with Crippen molar-refractivity contribution >= 4 is 32.2 Å². The SMILES string of the molecule is CCCCCCCC/C=C\CCCCCCCCOC(=O)NC1=NC=NC2C1N=CN2CCOCP(=O)([O-])[O-].[Na+].[Na+]. The Morgan fingerprint density at radius 2 is 1.56 bits per heavy atom. The van der Waals surface area contributed by atoms with Crippen LogP contribution in [-0.2, 0) is 14.0 Å². The Morgan fingerprint density at radius 3 is 2.20 bits per heavy atom. The Bertz CT molecular complexity index is 871. The molecule has 2 aliphatic heterocycles. The molecule has 0 fully saturated rings. The Labute approximate surface area is 290 Å². The summed E-state index contributed by atoms with van der Waals surface area (Å²) in [5, 5.41) is 2.65. The first-order valence-corrected chi connectivity index (χ1v) is 16.2. The number of amides is 1. The van der Waals surface area contributed by atoms with Gasteiger partial charge in [-0.05, 0) is 39.7 Å². The van der Waals surface area contributed by atoms with Crippen molar-refractivity contribution in [1.29, 1.82) is 0 Å². The van der Waals surface area contributed by atoms with E-state index in [0.717, 1.165) is 25.7 Å². The molecule has 1 amide bonds. The molecule has 0 radical (unpaired) electrons. The van der Waals surface area contributed by atoms with Gasteiger partial charge in [0.25, 0.3) is 0 Å². The van der Waals surface area contributed by atoms with Crippen LogP contribution in [-0.4, -0.2) is 67.8 Å². The van der Waals surface area contributed by atoms with Crippen LogP contribution in [0.3, 0.4) is 0 Å². The van der Waals surface area contributed by atoms with Crippen molar-refractivity contribution in [3.05, 3.63) is 12.2 Å². The van der Waals surface area contributed by atoms with Crippen LogP contribution in [0.15, 0.2) is 27.1 Å². The zero-order valence-electron chi connectivity index (χ0n) is 25.4. The number of carbonyl (C=O) groups excluding carboxylic acids is 1. The van der Waals surface area contributed by atoms with Crippen molar-refractivity contribution in [1.82, 2.24) is 10.2 Å². The van der Waals surface area contributed by atoms with Crippen molar-refractivity contribution in [2.24, 2.45) is 15.0 Å². The van der Waals surface area contributed by atoms with E-state index in [0.29, 0.717) is 12.4 Å². The molecule has 1 N–H and O–H groups in total. The maximum atomic E-state index is 12.2. The maximum absolute atomic E-state index is 12.2. The molecule has 0 saturated carbocycles. The van der Waals surface area contributed by atoms with Gasteiger partial charge in [-0.25, -0.2) is 14.8 Å². The van der Waals surface area contributed by atoms with E-state index in [9.17, 15) is 19.1 Å². The number of amidine groups is 1. The second-order valence-corrected chi connectivity index (χ2v) is 11.5. The minimum atomic E-state index is -4.70. The normalized spacial score (nSPS) is 17.6. The molecule has 41 heavy (non-hydrogen) atoms. The first kappa shape index (κ1) is 40.9. The number of hydrogen-bond donors (Lipinski definition) is 1. The van der Waals surface area contributed by atoms with E-state index in [4.69, 9.17) is 9.47 Å². The number of unbranched alkanes of at least 4 members (excludes halogenated alkanes) is 12. The summed E-state index contributed by atoms with van der Waals surface area (Å²) < 4.78 is 20.8. The summed E-state index contributed by atoms with van der Waals surface area (Å²) in [7, 11) is -4.70. The van der Waals surface area contributed by atoms with E-state index >= 15 is 0 Å². The molecule has 2 unspecified atom stereocenters. The van der Waals surface area contributed by atoms with E-state index in [1.807, 2.05) is 0 Å². The molecule has 2 heterocycles. The number of rotatable bonds is 21. The Morgan fingerprint density at radius 1 is 0.951 bits per heavy atom. The molecule has 11 nitrogen and oxygen atoms in total. The molecule has 0 saturated heterocycles. The van der Waals surface area contributed by atoms with Gasteiger partial charge in [-0.2, -0.15) is 0 Å². The zero-order valence-corrected chi connectivity index (χ0v) is 30.3. The average Bonchev–Trinajstić information content (AvgIpc) is 3.32. The van der Waals surface area contributed by atoms with E-state index in [1.54, 1.807) is 11.2 Å². The van der Waals surface area contributed by atoms with Crippen molar-refractivity contribution in [2.75, 3.05) is 26.1 Å². The molecule has 0 aliphatic carbocycles. The molecule has 2 aliphatic rings. The zero-order chi connectivity index (χ0) is 28.2. The minimum Gasteiger partial charge on any atom is -0.809 e. The Kier molecular flexibility index (Phi) is 25.2. The van der Waals surface area contributed by atoms with Crippen LogP contribution >= 0.6 is 7.60 Å². The first-order chi connectivity index (χ1) is 18.9. The van der Waals surface area contributed by atoms with Crippen LogP contribution in [0.25, 0.3) is 0 Å². The summed E-state index contributed by atoms with van der Waals surface area (Å²) in [5.74, 6) is 0.337. The number of nitrogens with zero attached hydrogens (tertiary/aromatic N) is 4. The van der Waals surface area contributed by atoms with Gasteiger partial charge in [-0.1, -0.05) is 76.9 Å².